The van der Waals surface area contributed by atoms with Crippen LogP contribution in [-0.4, -0.2) is 37.9 Å². The van der Waals surface area contributed by atoms with Gasteiger partial charge in [-0.2, -0.15) is 0 Å². The van der Waals surface area contributed by atoms with Gasteiger partial charge in [0.15, 0.2) is 5.82 Å². The summed E-state index contributed by atoms with van der Waals surface area (Å²) in [6, 6.07) is 23.0. The van der Waals surface area contributed by atoms with Gasteiger partial charge in [-0.25, -0.2) is 13.1 Å². The standard InChI is InChI=1S/C26H26N4O3S/c1-18-13-14-19(16-24(18)34(31,32)27-17-21-10-7-15-33-21)25-22-11-5-6-12-23(22)26(30-29-25)28-20-8-3-2-4-9-20/h2-6,8-9,11-14,16,21,27H,7,10,15,17H2,1H3,(H,28,30)/t21-/m1/s1. The van der Waals surface area contributed by atoms with Crippen LogP contribution in [-0.2, 0) is 14.8 Å². The Morgan fingerprint density at radius 3 is 2.50 bits per heavy atom. The minimum atomic E-state index is -3.70. The predicted molar refractivity (Wildman–Crippen MR) is 134 cm³/mol. The van der Waals surface area contributed by atoms with Gasteiger partial charge in [0.25, 0.3) is 0 Å². The summed E-state index contributed by atoms with van der Waals surface area (Å²) in [6.45, 7) is 2.75. The summed E-state index contributed by atoms with van der Waals surface area (Å²) in [5, 5.41) is 14.0. The molecule has 7 nitrogen and oxygen atoms in total. The number of anilines is 2. The van der Waals surface area contributed by atoms with Crippen molar-refractivity contribution in [1.29, 1.82) is 0 Å². The first-order valence-corrected chi connectivity index (χ1v) is 12.8. The molecular weight excluding hydrogens is 448 g/mol. The fourth-order valence-corrected chi connectivity index (χ4v) is 5.53. The molecule has 0 spiro atoms. The second-order valence-corrected chi connectivity index (χ2v) is 10.1. The molecule has 5 rings (SSSR count). The van der Waals surface area contributed by atoms with Crippen LogP contribution in [0.3, 0.4) is 0 Å². The normalized spacial score (nSPS) is 16.1. The monoisotopic (exact) mass is 474 g/mol. The van der Waals surface area contributed by atoms with Crippen molar-refractivity contribution in [2.75, 3.05) is 18.5 Å². The van der Waals surface area contributed by atoms with Gasteiger partial charge in [-0.3, -0.25) is 0 Å². The summed E-state index contributed by atoms with van der Waals surface area (Å²) in [4.78, 5) is 0.236. The number of nitrogens with zero attached hydrogens (tertiary/aromatic N) is 2. The van der Waals surface area contributed by atoms with Gasteiger partial charge in [-0.1, -0.05) is 54.6 Å². The van der Waals surface area contributed by atoms with Gasteiger partial charge in [-0.15, -0.1) is 10.2 Å². The van der Waals surface area contributed by atoms with Crippen molar-refractivity contribution >= 4 is 32.3 Å². The maximum atomic E-state index is 13.1. The Morgan fingerprint density at radius 1 is 0.971 bits per heavy atom. The Balaban J connectivity index is 1.51. The molecule has 1 aromatic heterocycles. The zero-order valence-electron chi connectivity index (χ0n) is 18.9. The predicted octanol–water partition coefficient (Wildman–Crippen LogP) is 4.81. The van der Waals surface area contributed by atoms with Crippen LogP contribution in [0.4, 0.5) is 11.5 Å². The van der Waals surface area contributed by atoms with Gasteiger partial charge < -0.3 is 10.1 Å². The molecule has 174 valence electrons. The van der Waals surface area contributed by atoms with Gasteiger partial charge in [-0.05, 0) is 43.5 Å². The third kappa shape index (κ3) is 4.65. The molecule has 2 heterocycles. The number of hydrogen-bond donors (Lipinski definition) is 2. The topological polar surface area (TPSA) is 93.2 Å². The summed E-state index contributed by atoms with van der Waals surface area (Å²) in [5.41, 5.74) is 2.90. The van der Waals surface area contributed by atoms with E-state index >= 15 is 0 Å². The molecule has 0 bridgehead atoms. The number of ether oxygens (including phenoxy) is 1. The average molecular weight is 475 g/mol. The molecule has 1 aliphatic rings. The lowest BCUT2D eigenvalue weighted by atomic mass is 10.0. The molecule has 0 saturated carbocycles. The van der Waals surface area contributed by atoms with Crippen molar-refractivity contribution in [3.63, 3.8) is 0 Å². The van der Waals surface area contributed by atoms with Crippen molar-refractivity contribution in [1.82, 2.24) is 14.9 Å². The zero-order chi connectivity index (χ0) is 23.5. The van der Waals surface area contributed by atoms with E-state index < -0.39 is 10.0 Å². The number of aryl methyl sites for hydroxylation is 1. The SMILES string of the molecule is Cc1ccc(-c2nnc(Nc3ccccc3)c3ccccc23)cc1S(=O)(=O)NC[C@H]1CCCO1. The molecule has 0 unspecified atom stereocenters. The number of aromatic nitrogens is 2. The molecule has 2 N–H and O–H groups in total. The number of fused-ring (bicyclic) bond motifs is 1. The highest BCUT2D eigenvalue weighted by Gasteiger charge is 2.23. The minimum Gasteiger partial charge on any atom is -0.377 e. The lowest BCUT2D eigenvalue weighted by Gasteiger charge is -2.15. The fraction of sp³-hybridized carbons (Fsp3) is 0.231. The second-order valence-electron chi connectivity index (χ2n) is 8.40. The number of para-hydroxylation sites is 1. The van der Waals surface area contributed by atoms with E-state index in [2.05, 4.69) is 20.2 Å². The lowest BCUT2D eigenvalue weighted by molar-refractivity contribution is 0.114. The van der Waals surface area contributed by atoms with Gasteiger partial charge in [0.05, 0.1) is 11.0 Å². The second kappa shape index (κ2) is 9.50. The molecule has 0 radical (unpaired) electrons. The molecular formula is C26H26N4O3S. The molecule has 1 atom stereocenters. The third-order valence-electron chi connectivity index (χ3n) is 6.00. The van der Waals surface area contributed by atoms with E-state index in [9.17, 15) is 8.42 Å². The summed E-state index contributed by atoms with van der Waals surface area (Å²) in [5.74, 6) is 0.642. The van der Waals surface area contributed by atoms with Crippen LogP contribution in [0.2, 0.25) is 0 Å². The number of nitrogens with one attached hydrogen (secondary N) is 2. The van der Waals surface area contributed by atoms with Gasteiger partial charge in [0, 0.05) is 35.2 Å². The van der Waals surface area contributed by atoms with E-state index in [1.807, 2.05) is 66.7 Å². The maximum absolute atomic E-state index is 13.1. The van der Waals surface area contributed by atoms with Crippen LogP contribution in [0.15, 0.2) is 77.7 Å². The number of hydrogen-bond acceptors (Lipinski definition) is 6. The number of benzene rings is 3. The van der Waals surface area contributed by atoms with E-state index in [0.717, 1.165) is 29.3 Å². The third-order valence-corrected chi connectivity index (χ3v) is 7.57. The quantitative estimate of drug-likeness (QED) is 0.399. The molecule has 34 heavy (non-hydrogen) atoms. The first kappa shape index (κ1) is 22.5. The van der Waals surface area contributed by atoms with Crippen molar-refractivity contribution in [2.24, 2.45) is 0 Å². The van der Waals surface area contributed by atoms with Crippen LogP contribution in [0.1, 0.15) is 18.4 Å². The zero-order valence-corrected chi connectivity index (χ0v) is 19.7. The van der Waals surface area contributed by atoms with Gasteiger partial charge in [0.1, 0.15) is 5.69 Å². The van der Waals surface area contributed by atoms with Crippen molar-refractivity contribution in [3.05, 3.63) is 78.4 Å². The molecule has 0 amide bonds. The van der Waals surface area contributed by atoms with E-state index in [-0.39, 0.29) is 17.5 Å². The Bertz CT molecular complexity index is 1420. The molecule has 1 aliphatic heterocycles. The Hall–Kier alpha value is -3.33. The maximum Gasteiger partial charge on any atom is 0.240 e. The van der Waals surface area contributed by atoms with E-state index in [1.54, 1.807) is 13.0 Å². The largest absolute Gasteiger partial charge is 0.377 e. The van der Waals surface area contributed by atoms with Crippen LogP contribution in [0.25, 0.3) is 22.0 Å². The highest BCUT2D eigenvalue weighted by atomic mass is 32.2. The summed E-state index contributed by atoms with van der Waals surface area (Å²) in [7, 11) is -3.70. The van der Waals surface area contributed by atoms with Crippen molar-refractivity contribution in [3.8, 4) is 11.3 Å². The smallest absolute Gasteiger partial charge is 0.240 e. The molecule has 1 saturated heterocycles. The first-order chi connectivity index (χ1) is 16.5. The fourth-order valence-electron chi connectivity index (χ4n) is 4.19. The van der Waals surface area contributed by atoms with Gasteiger partial charge in [0.2, 0.25) is 10.0 Å². The number of sulfonamides is 1. The first-order valence-electron chi connectivity index (χ1n) is 11.3. The van der Waals surface area contributed by atoms with Crippen molar-refractivity contribution in [2.45, 2.75) is 30.8 Å². The Kier molecular flexibility index (Phi) is 6.28. The van der Waals surface area contributed by atoms with Crippen LogP contribution < -0.4 is 10.0 Å². The van der Waals surface area contributed by atoms with E-state index in [0.29, 0.717) is 29.2 Å². The van der Waals surface area contributed by atoms with Crippen molar-refractivity contribution < 1.29 is 13.2 Å². The molecule has 8 heteroatoms. The highest BCUT2D eigenvalue weighted by molar-refractivity contribution is 7.89. The molecule has 1 fully saturated rings. The Morgan fingerprint density at radius 2 is 1.74 bits per heavy atom. The summed E-state index contributed by atoms with van der Waals surface area (Å²) >= 11 is 0. The summed E-state index contributed by atoms with van der Waals surface area (Å²) < 4.78 is 34.5. The highest BCUT2D eigenvalue weighted by Crippen LogP contribution is 2.32. The molecule has 3 aromatic carbocycles. The van der Waals surface area contributed by atoms with E-state index in [4.69, 9.17) is 4.74 Å². The Labute approximate surface area is 199 Å². The lowest BCUT2D eigenvalue weighted by Crippen LogP contribution is -2.32. The molecule has 0 aliphatic carbocycles. The summed E-state index contributed by atoms with van der Waals surface area (Å²) in [6.07, 6.45) is 1.76. The average Bonchev–Trinajstić information content (AvgIpc) is 3.38. The van der Waals surface area contributed by atoms with Crippen LogP contribution in [0, 0.1) is 6.92 Å². The minimum absolute atomic E-state index is 0.0715. The van der Waals surface area contributed by atoms with Gasteiger partial charge >= 0.3 is 0 Å². The van der Waals surface area contributed by atoms with Crippen LogP contribution >= 0.6 is 0 Å². The molecule has 4 aromatic rings. The number of rotatable bonds is 7. The van der Waals surface area contributed by atoms with E-state index in [1.165, 1.54) is 0 Å². The van der Waals surface area contributed by atoms with Crippen LogP contribution in [0.5, 0.6) is 0 Å².